The topological polar surface area (TPSA) is 66.8 Å². The monoisotopic (exact) mass is 296 g/mol. The molecule has 0 aromatic heterocycles. The van der Waals surface area contributed by atoms with E-state index >= 15 is 0 Å². The van der Waals surface area contributed by atoms with Gasteiger partial charge >= 0.3 is 0 Å². The van der Waals surface area contributed by atoms with Crippen LogP contribution in [0.5, 0.6) is 11.5 Å². The van der Waals surface area contributed by atoms with E-state index in [0.717, 1.165) is 11.6 Å². The van der Waals surface area contributed by atoms with Gasteiger partial charge in [0.05, 0.1) is 12.7 Å². The van der Waals surface area contributed by atoms with Crippen LogP contribution in [0.4, 0.5) is 0 Å². The average Bonchev–Trinajstić information content (AvgIpc) is 2.53. The van der Waals surface area contributed by atoms with Crippen LogP contribution in [0.25, 0.3) is 11.8 Å². The maximum Gasteiger partial charge on any atom is 0.182 e. The van der Waals surface area contributed by atoms with Gasteiger partial charge in [0, 0.05) is 12.1 Å². The first-order valence-electron chi connectivity index (χ1n) is 6.65. The van der Waals surface area contributed by atoms with Crippen molar-refractivity contribution in [3.63, 3.8) is 0 Å². The van der Waals surface area contributed by atoms with E-state index in [0.29, 0.717) is 5.75 Å². The second-order valence-electron chi connectivity index (χ2n) is 4.56. The number of aromatic hydroxyl groups is 1. The Bertz CT molecular complexity index is 715. The average molecular weight is 296 g/mol. The SMILES string of the molecule is COc1ccc(/C(O)=C/C(=O)/C=C/c2ccccc2)c(O)c1. The Balaban J connectivity index is 2.14. The zero-order valence-electron chi connectivity index (χ0n) is 12.1. The number of rotatable bonds is 5. The van der Waals surface area contributed by atoms with Crippen LogP contribution in [0.1, 0.15) is 11.1 Å². The van der Waals surface area contributed by atoms with Gasteiger partial charge in [-0.1, -0.05) is 36.4 Å². The van der Waals surface area contributed by atoms with Crippen LogP contribution in [0.3, 0.4) is 0 Å². The predicted molar refractivity (Wildman–Crippen MR) is 85.7 cm³/mol. The van der Waals surface area contributed by atoms with E-state index in [2.05, 4.69) is 0 Å². The number of methoxy groups -OCH3 is 1. The first-order chi connectivity index (χ1) is 10.6. The summed E-state index contributed by atoms with van der Waals surface area (Å²) in [5, 5.41) is 19.7. The van der Waals surface area contributed by atoms with Crippen LogP contribution in [-0.2, 0) is 4.79 Å². The Kier molecular flexibility index (Phi) is 4.98. The van der Waals surface area contributed by atoms with Crippen LogP contribution >= 0.6 is 0 Å². The fourth-order valence-corrected chi connectivity index (χ4v) is 1.86. The van der Waals surface area contributed by atoms with Gasteiger partial charge in [0.2, 0.25) is 0 Å². The normalized spacial score (nSPS) is 11.6. The van der Waals surface area contributed by atoms with Crippen molar-refractivity contribution in [2.45, 2.75) is 0 Å². The number of aliphatic hydroxyl groups excluding tert-OH is 1. The highest BCUT2D eigenvalue weighted by atomic mass is 16.5. The second-order valence-corrected chi connectivity index (χ2v) is 4.56. The molecule has 112 valence electrons. The van der Waals surface area contributed by atoms with Crippen molar-refractivity contribution in [3.8, 4) is 11.5 Å². The first kappa shape index (κ1) is 15.4. The van der Waals surface area contributed by atoms with Gasteiger partial charge in [0.15, 0.2) is 5.78 Å². The first-order valence-corrected chi connectivity index (χ1v) is 6.65. The minimum atomic E-state index is -0.378. The van der Waals surface area contributed by atoms with Gasteiger partial charge in [0.1, 0.15) is 17.3 Å². The van der Waals surface area contributed by atoms with Crippen LogP contribution in [0.2, 0.25) is 0 Å². The summed E-state index contributed by atoms with van der Waals surface area (Å²) in [7, 11) is 1.47. The highest BCUT2D eigenvalue weighted by Gasteiger charge is 2.08. The highest BCUT2D eigenvalue weighted by molar-refractivity contribution is 6.05. The summed E-state index contributed by atoms with van der Waals surface area (Å²) in [6, 6.07) is 13.8. The molecule has 2 aromatic rings. The van der Waals surface area contributed by atoms with E-state index < -0.39 is 0 Å². The number of phenolic OH excluding ortho intramolecular Hbond substituents is 1. The molecule has 2 aromatic carbocycles. The zero-order valence-corrected chi connectivity index (χ0v) is 12.1. The van der Waals surface area contributed by atoms with E-state index in [4.69, 9.17) is 4.74 Å². The van der Waals surface area contributed by atoms with Crippen LogP contribution in [-0.4, -0.2) is 23.1 Å². The number of carbonyl (C=O) groups excluding carboxylic acids is 1. The maximum atomic E-state index is 11.8. The molecule has 4 heteroatoms. The van der Waals surface area contributed by atoms with E-state index in [1.165, 1.54) is 25.3 Å². The van der Waals surface area contributed by atoms with E-state index in [-0.39, 0.29) is 22.9 Å². The van der Waals surface area contributed by atoms with Crippen molar-refractivity contribution in [2.75, 3.05) is 7.11 Å². The number of ketones is 1. The Morgan fingerprint density at radius 1 is 1.14 bits per heavy atom. The number of aliphatic hydroxyl groups is 1. The maximum absolute atomic E-state index is 11.8. The number of allylic oxidation sites excluding steroid dienone is 2. The number of carbonyl (C=O) groups is 1. The summed E-state index contributed by atoms with van der Waals surface area (Å²) in [6.45, 7) is 0. The Labute approximate surface area is 128 Å². The summed E-state index contributed by atoms with van der Waals surface area (Å²) >= 11 is 0. The van der Waals surface area contributed by atoms with E-state index in [9.17, 15) is 15.0 Å². The Hall–Kier alpha value is -3.01. The molecule has 0 spiro atoms. The molecule has 0 unspecified atom stereocenters. The smallest absolute Gasteiger partial charge is 0.182 e. The standard InChI is InChI=1S/C18H16O4/c1-22-15-9-10-16(18(21)12-15)17(20)11-14(19)8-7-13-5-3-2-4-6-13/h2-12,20-21H,1H3/b8-7+,17-11-. The fraction of sp³-hybridized carbons (Fsp3) is 0.0556. The molecule has 0 aliphatic heterocycles. The fourth-order valence-electron chi connectivity index (χ4n) is 1.86. The van der Waals surface area contributed by atoms with Crippen LogP contribution in [0, 0.1) is 0 Å². The molecule has 0 aliphatic carbocycles. The molecule has 0 heterocycles. The van der Waals surface area contributed by atoms with Crippen molar-refractivity contribution in [3.05, 3.63) is 71.8 Å². The van der Waals surface area contributed by atoms with Gasteiger partial charge in [-0.15, -0.1) is 0 Å². The minimum Gasteiger partial charge on any atom is -0.507 e. The Morgan fingerprint density at radius 2 is 1.86 bits per heavy atom. The quantitative estimate of drug-likeness (QED) is 0.653. The number of hydrogen-bond acceptors (Lipinski definition) is 4. The molecular weight excluding hydrogens is 280 g/mol. The van der Waals surface area contributed by atoms with Gasteiger partial charge in [0.25, 0.3) is 0 Å². The van der Waals surface area contributed by atoms with E-state index in [1.807, 2.05) is 30.3 Å². The van der Waals surface area contributed by atoms with Crippen molar-refractivity contribution in [1.82, 2.24) is 0 Å². The second kappa shape index (κ2) is 7.13. The summed E-state index contributed by atoms with van der Waals surface area (Å²) < 4.78 is 4.96. The summed E-state index contributed by atoms with van der Waals surface area (Å²) in [5.41, 5.74) is 1.05. The molecule has 4 nitrogen and oxygen atoms in total. The van der Waals surface area contributed by atoms with Gasteiger partial charge in [-0.05, 0) is 23.8 Å². The lowest BCUT2D eigenvalue weighted by Gasteiger charge is -2.05. The molecule has 2 N–H and O–H groups in total. The third-order valence-corrected chi connectivity index (χ3v) is 3.00. The molecule has 0 saturated carbocycles. The molecule has 2 rings (SSSR count). The number of ether oxygens (including phenoxy) is 1. The van der Waals surface area contributed by atoms with Crippen LogP contribution in [0.15, 0.2) is 60.7 Å². The Morgan fingerprint density at radius 3 is 2.50 bits per heavy atom. The molecular formula is C18H16O4. The molecule has 0 aliphatic rings. The van der Waals surface area contributed by atoms with E-state index in [1.54, 1.807) is 12.1 Å². The number of phenols is 1. The minimum absolute atomic E-state index is 0.159. The van der Waals surface area contributed by atoms with Crippen molar-refractivity contribution in [2.24, 2.45) is 0 Å². The summed E-state index contributed by atoms with van der Waals surface area (Å²) in [4.78, 5) is 11.8. The van der Waals surface area contributed by atoms with Crippen LogP contribution < -0.4 is 4.74 Å². The molecule has 0 saturated heterocycles. The largest absolute Gasteiger partial charge is 0.507 e. The lowest BCUT2D eigenvalue weighted by atomic mass is 10.1. The molecule has 0 fully saturated rings. The zero-order chi connectivity index (χ0) is 15.9. The number of benzene rings is 2. The predicted octanol–water partition coefficient (Wildman–Crippen LogP) is 3.58. The van der Waals surface area contributed by atoms with Gasteiger partial charge < -0.3 is 14.9 Å². The lowest BCUT2D eigenvalue weighted by molar-refractivity contribution is -0.110. The highest BCUT2D eigenvalue weighted by Crippen LogP contribution is 2.27. The van der Waals surface area contributed by atoms with Crippen molar-refractivity contribution < 1.29 is 19.7 Å². The van der Waals surface area contributed by atoms with Crippen molar-refractivity contribution in [1.29, 1.82) is 0 Å². The lowest BCUT2D eigenvalue weighted by Crippen LogP contribution is -1.92. The van der Waals surface area contributed by atoms with Gasteiger partial charge in [-0.3, -0.25) is 4.79 Å². The summed E-state index contributed by atoms with van der Waals surface area (Å²) in [6.07, 6.45) is 4.06. The van der Waals surface area contributed by atoms with Gasteiger partial charge in [-0.2, -0.15) is 0 Å². The third-order valence-electron chi connectivity index (χ3n) is 3.00. The van der Waals surface area contributed by atoms with Crippen molar-refractivity contribution >= 4 is 17.6 Å². The molecule has 0 amide bonds. The molecule has 0 bridgehead atoms. The third kappa shape index (κ3) is 3.99. The molecule has 22 heavy (non-hydrogen) atoms. The molecule has 0 atom stereocenters. The molecule has 0 radical (unpaired) electrons. The summed E-state index contributed by atoms with van der Waals surface area (Å²) in [5.74, 6) is -0.378. The van der Waals surface area contributed by atoms with Gasteiger partial charge in [-0.25, -0.2) is 0 Å². The number of hydrogen-bond donors (Lipinski definition) is 2.